The molecule has 2 amide bonds. The zero-order valence-electron chi connectivity index (χ0n) is 17.6. The maximum atomic E-state index is 13.1. The number of hydrogen-bond acceptors (Lipinski definition) is 4. The number of amides is 2. The molecule has 2 aromatic carbocycles. The lowest BCUT2D eigenvalue weighted by molar-refractivity contribution is 0.0697. The van der Waals surface area contributed by atoms with E-state index < -0.39 is 5.91 Å². The average Bonchev–Trinajstić information content (AvgIpc) is 2.79. The second-order valence-corrected chi connectivity index (χ2v) is 8.83. The number of thiocarbonyl (C=S) groups is 1. The van der Waals surface area contributed by atoms with Crippen molar-refractivity contribution >= 4 is 50.8 Å². The molecule has 8 heteroatoms. The lowest BCUT2D eigenvalue weighted by Crippen LogP contribution is -2.39. The van der Waals surface area contributed by atoms with E-state index in [0.717, 1.165) is 30.2 Å². The first-order valence-corrected chi connectivity index (χ1v) is 11.4. The first-order chi connectivity index (χ1) is 14.9. The fourth-order valence-corrected chi connectivity index (χ4v) is 4.35. The quantitative estimate of drug-likeness (QED) is 0.562. The second kappa shape index (κ2) is 10.7. The summed E-state index contributed by atoms with van der Waals surface area (Å²) in [6, 6.07) is 12.6. The van der Waals surface area contributed by atoms with Crippen molar-refractivity contribution in [2.45, 2.75) is 38.1 Å². The fourth-order valence-electron chi connectivity index (χ4n) is 3.78. The van der Waals surface area contributed by atoms with Gasteiger partial charge in [0.2, 0.25) is 0 Å². The monoisotopic (exact) mass is 503 g/mol. The number of benzene rings is 2. The van der Waals surface area contributed by atoms with Crippen molar-refractivity contribution in [2.24, 2.45) is 0 Å². The second-order valence-electron chi connectivity index (χ2n) is 7.51. The Hall–Kier alpha value is -2.45. The Balaban J connectivity index is 1.71. The molecule has 0 atom stereocenters. The van der Waals surface area contributed by atoms with Crippen molar-refractivity contribution < 1.29 is 14.3 Å². The lowest BCUT2D eigenvalue weighted by Gasteiger charge is -2.31. The zero-order valence-corrected chi connectivity index (χ0v) is 20.0. The minimum absolute atomic E-state index is 0.0576. The predicted molar refractivity (Wildman–Crippen MR) is 130 cm³/mol. The van der Waals surface area contributed by atoms with Gasteiger partial charge in [-0.05, 0) is 55.4 Å². The summed E-state index contributed by atoms with van der Waals surface area (Å²) in [5.74, 6) is -0.0234. The molecule has 2 aromatic rings. The Labute approximate surface area is 196 Å². The molecule has 0 unspecified atom stereocenters. The van der Waals surface area contributed by atoms with E-state index in [1.165, 1.54) is 13.5 Å². The summed E-state index contributed by atoms with van der Waals surface area (Å²) >= 11 is 8.70. The molecule has 31 heavy (non-hydrogen) atoms. The van der Waals surface area contributed by atoms with Crippen LogP contribution in [0.15, 0.2) is 46.9 Å². The summed E-state index contributed by atoms with van der Waals surface area (Å²) in [6.45, 7) is 0. The number of nitrogens with one attached hydrogen (secondary N) is 2. The van der Waals surface area contributed by atoms with Crippen LogP contribution in [0.3, 0.4) is 0 Å². The summed E-state index contributed by atoms with van der Waals surface area (Å²) in [7, 11) is 3.36. The number of rotatable bonds is 5. The average molecular weight is 504 g/mol. The van der Waals surface area contributed by atoms with Gasteiger partial charge >= 0.3 is 0 Å². The van der Waals surface area contributed by atoms with Gasteiger partial charge in [0, 0.05) is 17.6 Å². The fraction of sp³-hybridized carbons (Fsp3) is 0.348. The third kappa shape index (κ3) is 5.83. The van der Waals surface area contributed by atoms with Crippen LogP contribution in [0.4, 0.5) is 5.69 Å². The van der Waals surface area contributed by atoms with Crippen LogP contribution in [0.25, 0.3) is 0 Å². The van der Waals surface area contributed by atoms with E-state index in [9.17, 15) is 9.59 Å². The van der Waals surface area contributed by atoms with Crippen LogP contribution >= 0.6 is 28.1 Å². The summed E-state index contributed by atoms with van der Waals surface area (Å²) < 4.78 is 6.01. The molecular formula is C23H26BrN3O3S. The van der Waals surface area contributed by atoms with Crippen molar-refractivity contribution in [3.8, 4) is 5.75 Å². The van der Waals surface area contributed by atoms with Gasteiger partial charge < -0.3 is 15.0 Å². The van der Waals surface area contributed by atoms with Crippen molar-refractivity contribution in [1.29, 1.82) is 0 Å². The maximum absolute atomic E-state index is 13.1. The van der Waals surface area contributed by atoms with Crippen molar-refractivity contribution in [3.05, 3.63) is 58.1 Å². The topological polar surface area (TPSA) is 70.7 Å². The molecule has 0 saturated heterocycles. The lowest BCUT2D eigenvalue weighted by atomic mass is 9.94. The molecule has 0 spiro atoms. The van der Waals surface area contributed by atoms with Crippen LogP contribution < -0.4 is 15.4 Å². The molecule has 0 aromatic heterocycles. The molecule has 164 valence electrons. The predicted octanol–water partition coefficient (Wildman–Crippen LogP) is 4.99. The molecule has 1 saturated carbocycles. The van der Waals surface area contributed by atoms with Gasteiger partial charge in [0.1, 0.15) is 5.75 Å². The molecule has 2 N–H and O–H groups in total. The van der Waals surface area contributed by atoms with Gasteiger partial charge in [-0.25, -0.2) is 0 Å². The molecule has 3 rings (SSSR count). The Morgan fingerprint density at radius 3 is 2.52 bits per heavy atom. The van der Waals surface area contributed by atoms with E-state index in [0.29, 0.717) is 22.6 Å². The van der Waals surface area contributed by atoms with E-state index >= 15 is 0 Å². The first-order valence-electron chi connectivity index (χ1n) is 10.2. The smallest absolute Gasteiger partial charge is 0.261 e. The SMILES string of the molecule is COc1ccc(Br)cc1C(=O)NC(=S)Nc1ccccc1C(=O)N(C)C1CCCCC1. The number of carbonyl (C=O) groups excluding carboxylic acids is 2. The van der Waals surface area contributed by atoms with Crippen LogP contribution in [0, 0.1) is 0 Å². The summed E-state index contributed by atoms with van der Waals surface area (Å²) in [4.78, 5) is 27.7. The Morgan fingerprint density at radius 1 is 1.10 bits per heavy atom. The van der Waals surface area contributed by atoms with Gasteiger partial charge in [0.25, 0.3) is 11.8 Å². The minimum Gasteiger partial charge on any atom is -0.496 e. The molecule has 6 nitrogen and oxygen atoms in total. The van der Waals surface area contributed by atoms with Crippen LogP contribution in [0.1, 0.15) is 52.8 Å². The summed E-state index contributed by atoms with van der Waals surface area (Å²) in [6.07, 6.45) is 5.59. The van der Waals surface area contributed by atoms with Gasteiger partial charge in [-0.3, -0.25) is 14.9 Å². The van der Waals surface area contributed by atoms with Crippen molar-refractivity contribution in [1.82, 2.24) is 10.2 Å². The van der Waals surface area contributed by atoms with Crippen molar-refractivity contribution in [3.63, 3.8) is 0 Å². The number of carbonyl (C=O) groups is 2. The van der Waals surface area contributed by atoms with Crippen LogP contribution in [0.2, 0.25) is 0 Å². The van der Waals surface area contributed by atoms with E-state index in [-0.39, 0.29) is 17.1 Å². The number of halogens is 1. The number of methoxy groups -OCH3 is 1. The Morgan fingerprint density at radius 2 is 1.81 bits per heavy atom. The largest absolute Gasteiger partial charge is 0.496 e. The molecule has 0 aliphatic heterocycles. The van der Waals surface area contributed by atoms with Gasteiger partial charge in [-0.1, -0.05) is 47.3 Å². The summed E-state index contributed by atoms with van der Waals surface area (Å²) in [5, 5.41) is 5.77. The highest BCUT2D eigenvalue weighted by molar-refractivity contribution is 9.10. The summed E-state index contributed by atoms with van der Waals surface area (Å²) in [5.41, 5.74) is 1.43. The Bertz CT molecular complexity index is 976. The van der Waals surface area contributed by atoms with E-state index in [2.05, 4.69) is 26.6 Å². The van der Waals surface area contributed by atoms with E-state index in [4.69, 9.17) is 17.0 Å². The number of nitrogens with zero attached hydrogens (tertiary/aromatic N) is 1. The number of ether oxygens (including phenoxy) is 1. The molecular weight excluding hydrogens is 478 g/mol. The van der Waals surface area contributed by atoms with Crippen LogP contribution in [-0.4, -0.2) is 42.0 Å². The van der Waals surface area contributed by atoms with Crippen LogP contribution in [-0.2, 0) is 0 Å². The first kappa shape index (κ1) is 23.2. The highest BCUT2D eigenvalue weighted by Gasteiger charge is 2.25. The highest BCUT2D eigenvalue weighted by atomic mass is 79.9. The number of anilines is 1. The van der Waals surface area contributed by atoms with E-state index in [1.54, 1.807) is 30.3 Å². The highest BCUT2D eigenvalue weighted by Crippen LogP contribution is 2.25. The molecule has 1 aliphatic rings. The third-order valence-electron chi connectivity index (χ3n) is 5.48. The van der Waals surface area contributed by atoms with Gasteiger partial charge in [0.05, 0.1) is 23.9 Å². The molecule has 0 bridgehead atoms. The number of hydrogen-bond donors (Lipinski definition) is 2. The van der Waals surface area contributed by atoms with Crippen molar-refractivity contribution in [2.75, 3.05) is 19.5 Å². The molecule has 1 aliphatic carbocycles. The van der Waals surface area contributed by atoms with Gasteiger partial charge in [-0.2, -0.15) is 0 Å². The Kier molecular flexibility index (Phi) is 8.03. The molecule has 0 heterocycles. The third-order valence-corrected chi connectivity index (χ3v) is 6.18. The zero-order chi connectivity index (χ0) is 22.4. The normalized spacial score (nSPS) is 13.9. The maximum Gasteiger partial charge on any atom is 0.261 e. The molecule has 1 fully saturated rings. The van der Waals surface area contributed by atoms with Gasteiger partial charge in [0.15, 0.2) is 5.11 Å². The van der Waals surface area contributed by atoms with Gasteiger partial charge in [-0.15, -0.1) is 0 Å². The minimum atomic E-state index is -0.404. The van der Waals surface area contributed by atoms with E-state index in [1.807, 2.05) is 24.1 Å². The standard InChI is InChI=1S/C23H26BrN3O3S/c1-27(16-8-4-3-5-9-16)22(29)17-10-6-7-11-19(17)25-23(31)26-21(28)18-14-15(24)12-13-20(18)30-2/h6-7,10-14,16H,3-5,8-9H2,1-2H3,(H2,25,26,28,31). The number of para-hydroxylation sites is 1. The molecule has 0 radical (unpaired) electrons. The van der Waals surface area contributed by atoms with Crippen LogP contribution in [0.5, 0.6) is 5.75 Å².